The fraction of sp³-hybridized carbons (Fsp3) is 0.750. The zero-order valence-electron chi connectivity index (χ0n) is 11.9. The number of hydrogen-bond acceptors (Lipinski definition) is 3. The number of nitrogens with zero attached hydrogens (tertiary/aromatic N) is 1. The van der Waals surface area contributed by atoms with Crippen LogP contribution in [0.4, 0.5) is 0 Å². The van der Waals surface area contributed by atoms with Crippen molar-refractivity contribution in [1.29, 1.82) is 0 Å². The molecule has 2 N–H and O–H groups in total. The van der Waals surface area contributed by atoms with Crippen LogP contribution in [0.25, 0.3) is 0 Å². The Balaban J connectivity index is 1.86. The normalized spacial score (nSPS) is 31.1. The summed E-state index contributed by atoms with van der Waals surface area (Å²) in [5, 5.41) is 0. The first-order chi connectivity index (χ1) is 9.31. The van der Waals surface area contributed by atoms with E-state index in [1.54, 1.807) is 6.26 Å². The molecule has 0 aromatic carbocycles. The average Bonchev–Trinajstić information content (AvgIpc) is 3.09. The molecule has 4 atom stereocenters. The van der Waals surface area contributed by atoms with E-state index in [1.807, 2.05) is 6.07 Å². The molecule has 2 heterocycles. The van der Waals surface area contributed by atoms with Gasteiger partial charge in [0.15, 0.2) is 0 Å². The molecule has 19 heavy (non-hydrogen) atoms. The Morgan fingerprint density at radius 2 is 2.21 bits per heavy atom. The van der Waals surface area contributed by atoms with E-state index in [-0.39, 0.29) is 12.1 Å². The molecule has 2 aliphatic rings. The smallest absolute Gasteiger partial charge is 0.122 e. The summed E-state index contributed by atoms with van der Waals surface area (Å²) in [7, 11) is 0. The van der Waals surface area contributed by atoms with Crippen molar-refractivity contribution in [2.45, 2.75) is 63.6 Å². The largest absolute Gasteiger partial charge is 0.468 e. The van der Waals surface area contributed by atoms with Crippen molar-refractivity contribution in [3.63, 3.8) is 0 Å². The first kappa shape index (κ1) is 13.2. The van der Waals surface area contributed by atoms with Gasteiger partial charge in [0.05, 0.1) is 12.3 Å². The molecule has 4 unspecified atom stereocenters. The lowest BCUT2D eigenvalue weighted by atomic mass is 9.88. The Morgan fingerprint density at radius 3 is 2.95 bits per heavy atom. The van der Waals surface area contributed by atoms with Crippen LogP contribution in [0.1, 0.15) is 57.3 Å². The van der Waals surface area contributed by atoms with Crippen LogP contribution in [0.15, 0.2) is 22.8 Å². The van der Waals surface area contributed by atoms with Crippen LogP contribution in [0.2, 0.25) is 0 Å². The average molecular weight is 262 g/mol. The quantitative estimate of drug-likeness (QED) is 0.905. The molecule has 2 fully saturated rings. The van der Waals surface area contributed by atoms with Gasteiger partial charge in [-0.15, -0.1) is 0 Å². The maximum absolute atomic E-state index is 6.42. The molecule has 1 aromatic heterocycles. The molecule has 3 nitrogen and oxygen atoms in total. The van der Waals surface area contributed by atoms with Crippen LogP contribution in [0.5, 0.6) is 0 Å². The van der Waals surface area contributed by atoms with E-state index in [0.717, 1.165) is 24.1 Å². The van der Waals surface area contributed by atoms with Crippen molar-refractivity contribution in [1.82, 2.24) is 4.90 Å². The topological polar surface area (TPSA) is 42.4 Å². The summed E-state index contributed by atoms with van der Waals surface area (Å²) in [6.07, 6.45) is 9.64. The van der Waals surface area contributed by atoms with Crippen LogP contribution in [0, 0.1) is 5.92 Å². The maximum atomic E-state index is 6.42. The van der Waals surface area contributed by atoms with Gasteiger partial charge < -0.3 is 10.2 Å². The lowest BCUT2D eigenvalue weighted by Gasteiger charge is -2.44. The van der Waals surface area contributed by atoms with Crippen LogP contribution in [-0.2, 0) is 0 Å². The number of rotatable bonds is 4. The van der Waals surface area contributed by atoms with Crippen molar-refractivity contribution >= 4 is 0 Å². The van der Waals surface area contributed by atoms with Gasteiger partial charge in [0.25, 0.3) is 0 Å². The molecule has 3 rings (SSSR count). The molecular weight excluding hydrogens is 236 g/mol. The molecule has 106 valence electrons. The highest BCUT2D eigenvalue weighted by Crippen LogP contribution is 2.41. The molecule has 1 aromatic rings. The lowest BCUT2D eigenvalue weighted by Crippen LogP contribution is -2.50. The molecule has 0 bridgehead atoms. The molecule has 0 amide bonds. The van der Waals surface area contributed by atoms with Gasteiger partial charge in [-0.2, -0.15) is 0 Å². The summed E-state index contributed by atoms with van der Waals surface area (Å²) < 4.78 is 5.70. The molecule has 1 aliphatic heterocycles. The van der Waals surface area contributed by atoms with Crippen molar-refractivity contribution in [3.8, 4) is 0 Å². The van der Waals surface area contributed by atoms with E-state index >= 15 is 0 Å². The summed E-state index contributed by atoms with van der Waals surface area (Å²) in [5.74, 6) is 1.96. The minimum absolute atomic E-state index is 0.172. The summed E-state index contributed by atoms with van der Waals surface area (Å²) in [4.78, 5) is 2.66. The highest BCUT2D eigenvalue weighted by atomic mass is 16.3. The Labute approximate surface area is 116 Å². The third kappa shape index (κ3) is 2.46. The zero-order chi connectivity index (χ0) is 13.2. The van der Waals surface area contributed by atoms with Gasteiger partial charge in [-0.25, -0.2) is 0 Å². The first-order valence-electron chi connectivity index (χ1n) is 7.86. The monoisotopic (exact) mass is 262 g/mol. The highest BCUT2D eigenvalue weighted by molar-refractivity contribution is 5.10. The van der Waals surface area contributed by atoms with Crippen molar-refractivity contribution in [2.75, 3.05) is 6.54 Å². The van der Waals surface area contributed by atoms with Gasteiger partial charge in [0, 0.05) is 12.1 Å². The van der Waals surface area contributed by atoms with Gasteiger partial charge in [-0.3, -0.25) is 4.90 Å². The van der Waals surface area contributed by atoms with Gasteiger partial charge in [-0.05, 0) is 56.7 Å². The number of hydrogen-bond donors (Lipinski definition) is 1. The van der Waals surface area contributed by atoms with Crippen LogP contribution in [0.3, 0.4) is 0 Å². The number of piperidine rings is 1. The molecule has 3 heteroatoms. The number of likely N-dealkylation sites (tertiary alicyclic amines) is 1. The summed E-state index contributed by atoms with van der Waals surface area (Å²) in [6, 6.07) is 5.26. The second-order valence-electron chi connectivity index (χ2n) is 6.17. The number of furan rings is 1. The zero-order valence-corrected chi connectivity index (χ0v) is 11.9. The van der Waals surface area contributed by atoms with Gasteiger partial charge >= 0.3 is 0 Å². The fourth-order valence-electron chi connectivity index (χ4n) is 4.14. The fourth-order valence-corrected chi connectivity index (χ4v) is 4.14. The molecule has 0 radical (unpaired) electrons. The Kier molecular flexibility index (Phi) is 3.94. The van der Waals surface area contributed by atoms with Crippen molar-refractivity contribution < 1.29 is 4.42 Å². The third-order valence-electron chi connectivity index (χ3n) is 5.11. The molecule has 1 saturated heterocycles. The standard InChI is InChI=1S/C16H26N2O/c1-2-13(17)16(15-9-5-11-19-15)18-10-4-7-12-6-3-8-14(12)18/h5,9,11-14,16H,2-4,6-8,10,17H2,1H3. The number of fused-ring (bicyclic) bond motifs is 1. The maximum Gasteiger partial charge on any atom is 0.122 e. The molecule has 1 aliphatic carbocycles. The van der Waals surface area contributed by atoms with E-state index in [2.05, 4.69) is 17.9 Å². The summed E-state index contributed by atoms with van der Waals surface area (Å²) >= 11 is 0. The Bertz CT molecular complexity index is 389. The van der Waals surface area contributed by atoms with Crippen LogP contribution < -0.4 is 5.73 Å². The minimum atomic E-state index is 0.172. The van der Waals surface area contributed by atoms with Gasteiger partial charge in [0.1, 0.15) is 5.76 Å². The molecule has 0 spiro atoms. The predicted molar refractivity (Wildman–Crippen MR) is 76.8 cm³/mol. The first-order valence-corrected chi connectivity index (χ1v) is 7.86. The van der Waals surface area contributed by atoms with Gasteiger partial charge in [0.2, 0.25) is 0 Å². The van der Waals surface area contributed by atoms with E-state index in [1.165, 1.54) is 38.6 Å². The summed E-state index contributed by atoms with van der Waals surface area (Å²) in [5.41, 5.74) is 6.42. The van der Waals surface area contributed by atoms with Gasteiger partial charge in [-0.1, -0.05) is 13.3 Å². The Hall–Kier alpha value is -0.800. The highest BCUT2D eigenvalue weighted by Gasteiger charge is 2.40. The van der Waals surface area contributed by atoms with Crippen molar-refractivity contribution in [3.05, 3.63) is 24.2 Å². The van der Waals surface area contributed by atoms with Crippen LogP contribution >= 0.6 is 0 Å². The Morgan fingerprint density at radius 1 is 1.37 bits per heavy atom. The van der Waals surface area contributed by atoms with E-state index in [0.29, 0.717) is 0 Å². The van der Waals surface area contributed by atoms with E-state index in [4.69, 9.17) is 10.2 Å². The number of nitrogens with two attached hydrogens (primary N) is 1. The minimum Gasteiger partial charge on any atom is -0.468 e. The van der Waals surface area contributed by atoms with E-state index in [9.17, 15) is 0 Å². The summed E-state index contributed by atoms with van der Waals surface area (Å²) in [6.45, 7) is 3.36. The SMILES string of the molecule is CCC(N)C(c1ccco1)N1CCCC2CCCC21. The van der Waals surface area contributed by atoms with E-state index < -0.39 is 0 Å². The molecule has 1 saturated carbocycles. The second kappa shape index (κ2) is 5.68. The lowest BCUT2D eigenvalue weighted by molar-refractivity contribution is 0.0436. The van der Waals surface area contributed by atoms with Crippen molar-refractivity contribution in [2.24, 2.45) is 11.7 Å². The third-order valence-corrected chi connectivity index (χ3v) is 5.11. The second-order valence-corrected chi connectivity index (χ2v) is 6.17. The molecular formula is C16H26N2O. The van der Waals surface area contributed by atoms with Crippen LogP contribution in [-0.4, -0.2) is 23.5 Å². The predicted octanol–water partition coefficient (Wildman–Crippen LogP) is 3.32.